The monoisotopic (exact) mass is 210 g/mol. The van der Waals surface area contributed by atoms with Gasteiger partial charge in [-0.2, -0.15) is 0 Å². The first-order valence-electron chi connectivity index (χ1n) is 4.24. The van der Waals surface area contributed by atoms with Crippen molar-refractivity contribution >= 4 is 23.0 Å². The summed E-state index contributed by atoms with van der Waals surface area (Å²) in [6.45, 7) is 1.53. The number of halogens is 1. The maximum atomic E-state index is 12.7. The Labute approximate surface area is 87.0 Å². The van der Waals surface area contributed by atoms with Gasteiger partial charge in [-0.25, -0.2) is 4.39 Å². The predicted octanol–water partition coefficient (Wildman–Crippen LogP) is 3.12. The number of hydrogen-bond acceptors (Lipinski definition) is 2. The highest BCUT2D eigenvalue weighted by molar-refractivity contribution is 8.13. The molecule has 1 aromatic rings. The third-order valence-electron chi connectivity index (χ3n) is 1.54. The topological polar surface area (TPSA) is 17.1 Å². The van der Waals surface area contributed by atoms with E-state index in [1.54, 1.807) is 12.1 Å². The molecule has 0 aliphatic rings. The second-order valence-corrected chi connectivity index (χ2v) is 3.96. The van der Waals surface area contributed by atoms with Crippen molar-refractivity contribution in [3.63, 3.8) is 0 Å². The molecule has 1 nitrogen and oxygen atoms in total. The number of hydrogen-bond donors (Lipinski definition) is 0. The summed E-state index contributed by atoms with van der Waals surface area (Å²) in [5, 5.41) is 0.0916. The van der Waals surface area contributed by atoms with Crippen molar-refractivity contribution < 1.29 is 9.18 Å². The van der Waals surface area contributed by atoms with Crippen molar-refractivity contribution in [1.29, 1.82) is 0 Å². The summed E-state index contributed by atoms with van der Waals surface area (Å²) in [6.07, 6.45) is 3.65. The second-order valence-electron chi connectivity index (χ2n) is 2.76. The van der Waals surface area contributed by atoms with Crippen LogP contribution in [-0.4, -0.2) is 10.9 Å². The fourth-order valence-corrected chi connectivity index (χ4v) is 1.39. The third-order valence-corrected chi connectivity index (χ3v) is 2.31. The molecule has 1 aromatic carbocycles. The fourth-order valence-electron chi connectivity index (χ4n) is 0.960. The minimum atomic E-state index is -0.244. The summed E-state index contributed by atoms with van der Waals surface area (Å²) in [6, 6.07) is 6.34. The van der Waals surface area contributed by atoms with Crippen LogP contribution in [-0.2, 0) is 4.79 Å². The molecule has 0 unspecified atom stereocenters. The summed E-state index contributed by atoms with van der Waals surface area (Å²) < 4.78 is 12.7. The molecule has 0 N–H and O–H groups in total. The van der Waals surface area contributed by atoms with Gasteiger partial charge in [-0.15, -0.1) is 0 Å². The zero-order valence-electron chi connectivity index (χ0n) is 7.87. The lowest BCUT2D eigenvalue weighted by molar-refractivity contribution is -0.109. The minimum absolute atomic E-state index is 0.0916. The Morgan fingerprint density at radius 1 is 1.57 bits per heavy atom. The van der Waals surface area contributed by atoms with Crippen molar-refractivity contribution in [2.75, 3.05) is 5.75 Å². The summed E-state index contributed by atoms with van der Waals surface area (Å²) >= 11 is 1.24. The van der Waals surface area contributed by atoms with E-state index in [0.717, 1.165) is 5.56 Å². The molecule has 0 radical (unpaired) electrons. The molecule has 0 heterocycles. The maximum Gasteiger partial charge on any atom is 0.186 e. The zero-order valence-corrected chi connectivity index (χ0v) is 8.68. The van der Waals surface area contributed by atoms with Crippen LogP contribution in [0.15, 0.2) is 30.3 Å². The van der Waals surface area contributed by atoms with Gasteiger partial charge in [0.05, 0.1) is 0 Å². The molecule has 0 amide bonds. The van der Waals surface area contributed by atoms with Crippen LogP contribution in [0, 0.1) is 5.82 Å². The Balaban J connectivity index is 2.47. The fraction of sp³-hybridized carbons (Fsp3) is 0.182. The lowest BCUT2D eigenvalue weighted by Gasteiger charge is -1.93. The van der Waals surface area contributed by atoms with Gasteiger partial charge in [-0.05, 0) is 17.7 Å². The molecule has 0 saturated heterocycles. The molecule has 0 aliphatic carbocycles. The normalized spacial score (nSPS) is 10.7. The average molecular weight is 210 g/mol. The van der Waals surface area contributed by atoms with Gasteiger partial charge in [0.2, 0.25) is 0 Å². The van der Waals surface area contributed by atoms with E-state index in [1.165, 1.54) is 30.8 Å². The molecule has 74 valence electrons. The second kappa shape index (κ2) is 5.60. The molecular weight excluding hydrogens is 199 g/mol. The Morgan fingerprint density at radius 3 is 3.00 bits per heavy atom. The molecule has 0 atom stereocenters. The van der Waals surface area contributed by atoms with Gasteiger partial charge in [0, 0.05) is 12.7 Å². The predicted molar refractivity (Wildman–Crippen MR) is 58.6 cm³/mol. The molecule has 0 fully saturated rings. The largest absolute Gasteiger partial charge is 0.288 e. The lowest BCUT2D eigenvalue weighted by Crippen LogP contribution is -1.81. The van der Waals surface area contributed by atoms with Crippen LogP contribution in [0.2, 0.25) is 0 Å². The standard InChI is InChI=1S/C11H11FOS/c1-9(13)14-7-3-5-10-4-2-6-11(12)8-10/h2-6,8H,7H2,1H3. The maximum absolute atomic E-state index is 12.7. The van der Waals surface area contributed by atoms with Crippen molar-refractivity contribution in [2.45, 2.75) is 6.92 Å². The van der Waals surface area contributed by atoms with E-state index in [0.29, 0.717) is 5.75 Å². The summed E-state index contributed by atoms with van der Waals surface area (Å²) in [5.74, 6) is 0.387. The summed E-state index contributed by atoms with van der Waals surface area (Å²) in [5.41, 5.74) is 0.814. The van der Waals surface area contributed by atoms with Gasteiger partial charge < -0.3 is 0 Å². The highest BCUT2D eigenvalue weighted by atomic mass is 32.2. The lowest BCUT2D eigenvalue weighted by atomic mass is 10.2. The van der Waals surface area contributed by atoms with Crippen LogP contribution >= 0.6 is 11.8 Å². The Hall–Kier alpha value is -1.09. The molecular formula is C11H11FOS. The number of carbonyl (C=O) groups excluding carboxylic acids is 1. The van der Waals surface area contributed by atoms with Crippen LogP contribution in [0.3, 0.4) is 0 Å². The first kappa shape index (κ1) is 11.0. The minimum Gasteiger partial charge on any atom is -0.288 e. The molecule has 14 heavy (non-hydrogen) atoms. The molecule has 0 aliphatic heterocycles. The van der Waals surface area contributed by atoms with Crippen LogP contribution in [0.4, 0.5) is 4.39 Å². The quantitative estimate of drug-likeness (QED) is 0.762. The van der Waals surface area contributed by atoms with E-state index in [4.69, 9.17) is 0 Å². The number of benzene rings is 1. The molecule has 0 spiro atoms. The van der Waals surface area contributed by atoms with Gasteiger partial charge in [0.1, 0.15) is 5.82 Å². The van der Waals surface area contributed by atoms with Crippen LogP contribution in [0.1, 0.15) is 12.5 Å². The molecule has 0 aromatic heterocycles. The first-order valence-corrected chi connectivity index (χ1v) is 5.22. The van der Waals surface area contributed by atoms with E-state index in [2.05, 4.69) is 0 Å². The highest BCUT2D eigenvalue weighted by Gasteiger charge is 1.91. The van der Waals surface area contributed by atoms with E-state index in [-0.39, 0.29) is 10.9 Å². The SMILES string of the molecule is CC(=O)SCC=Cc1cccc(F)c1. The number of rotatable bonds is 3. The van der Waals surface area contributed by atoms with Crippen molar-refractivity contribution in [1.82, 2.24) is 0 Å². The van der Waals surface area contributed by atoms with E-state index >= 15 is 0 Å². The molecule has 3 heteroatoms. The van der Waals surface area contributed by atoms with E-state index < -0.39 is 0 Å². The average Bonchev–Trinajstić information content (AvgIpc) is 2.12. The van der Waals surface area contributed by atoms with E-state index in [1.807, 2.05) is 12.1 Å². The third kappa shape index (κ3) is 4.23. The molecule has 0 bridgehead atoms. The van der Waals surface area contributed by atoms with Gasteiger partial charge >= 0.3 is 0 Å². The highest BCUT2D eigenvalue weighted by Crippen LogP contribution is 2.07. The smallest absolute Gasteiger partial charge is 0.186 e. The van der Waals surface area contributed by atoms with Gasteiger partial charge in [-0.3, -0.25) is 4.79 Å². The van der Waals surface area contributed by atoms with E-state index in [9.17, 15) is 9.18 Å². The van der Waals surface area contributed by atoms with Gasteiger partial charge in [0.15, 0.2) is 5.12 Å². The van der Waals surface area contributed by atoms with Gasteiger partial charge in [-0.1, -0.05) is 36.0 Å². The molecule has 1 rings (SSSR count). The Morgan fingerprint density at radius 2 is 2.36 bits per heavy atom. The van der Waals surface area contributed by atoms with Crippen LogP contribution in [0.5, 0.6) is 0 Å². The first-order chi connectivity index (χ1) is 6.68. The van der Waals surface area contributed by atoms with Crippen LogP contribution in [0.25, 0.3) is 6.08 Å². The number of thioether (sulfide) groups is 1. The van der Waals surface area contributed by atoms with Crippen molar-refractivity contribution in [2.24, 2.45) is 0 Å². The Bertz CT molecular complexity index is 347. The summed E-state index contributed by atoms with van der Waals surface area (Å²) in [7, 11) is 0. The summed E-state index contributed by atoms with van der Waals surface area (Å²) in [4.78, 5) is 10.6. The zero-order chi connectivity index (χ0) is 10.4. The molecule has 0 saturated carbocycles. The van der Waals surface area contributed by atoms with Crippen LogP contribution < -0.4 is 0 Å². The van der Waals surface area contributed by atoms with Crippen molar-refractivity contribution in [3.05, 3.63) is 41.7 Å². The van der Waals surface area contributed by atoms with Crippen molar-refractivity contribution in [3.8, 4) is 0 Å². The number of carbonyl (C=O) groups is 1. The van der Waals surface area contributed by atoms with Gasteiger partial charge in [0.25, 0.3) is 0 Å². The Kier molecular flexibility index (Phi) is 4.40.